The van der Waals surface area contributed by atoms with E-state index in [0.29, 0.717) is 5.92 Å². The van der Waals surface area contributed by atoms with Crippen LogP contribution in [0.15, 0.2) is 24.3 Å². The average molecular weight is 262 g/mol. The molecule has 1 aromatic rings. The molecule has 1 aliphatic rings. The molecule has 2 unspecified atom stereocenters. The molecule has 3 nitrogen and oxygen atoms in total. The van der Waals surface area contributed by atoms with Crippen molar-refractivity contribution >= 4 is 5.97 Å². The van der Waals surface area contributed by atoms with Crippen LogP contribution in [0.5, 0.6) is 5.75 Å². The standard InChI is InChI=1S/C16H22O3/c1-11(2)13-4-3-5-14(10-13)19-15-7-6-12(8-15)9-16(17)18/h3-5,10-12,15H,6-9H2,1-2H3,(H,17,18). The summed E-state index contributed by atoms with van der Waals surface area (Å²) in [6.07, 6.45) is 3.22. The van der Waals surface area contributed by atoms with Gasteiger partial charge in [0, 0.05) is 6.42 Å². The van der Waals surface area contributed by atoms with Crippen molar-refractivity contribution in [3.05, 3.63) is 29.8 Å². The molecule has 3 heteroatoms. The molecule has 0 aliphatic heterocycles. The molecule has 1 fully saturated rings. The van der Waals surface area contributed by atoms with Gasteiger partial charge in [-0.3, -0.25) is 4.79 Å². The Morgan fingerprint density at radius 1 is 1.42 bits per heavy atom. The summed E-state index contributed by atoms with van der Waals surface area (Å²) < 4.78 is 5.99. The lowest BCUT2D eigenvalue weighted by Crippen LogP contribution is -2.13. The minimum absolute atomic E-state index is 0.173. The first-order valence-corrected chi connectivity index (χ1v) is 7.03. The van der Waals surface area contributed by atoms with Crippen molar-refractivity contribution in [1.82, 2.24) is 0 Å². The predicted molar refractivity (Wildman–Crippen MR) is 74.5 cm³/mol. The van der Waals surface area contributed by atoms with E-state index in [1.165, 1.54) is 5.56 Å². The van der Waals surface area contributed by atoms with Crippen LogP contribution < -0.4 is 4.74 Å². The van der Waals surface area contributed by atoms with E-state index in [0.717, 1.165) is 25.0 Å². The number of carbonyl (C=O) groups is 1. The van der Waals surface area contributed by atoms with E-state index in [9.17, 15) is 4.79 Å². The molecule has 0 spiro atoms. The van der Waals surface area contributed by atoms with Crippen molar-refractivity contribution in [2.75, 3.05) is 0 Å². The Hall–Kier alpha value is -1.51. The van der Waals surface area contributed by atoms with Gasteiger partial charge in [0.25, 0.3) is 0 Å². The van der Waals surface area contributed by atoms with Gasteiger partial charge in [-0.15, -0.1) is 0 Å². The summed E-state index contributed by atoms with van der Waals surface area (Å²) in [5.74, 6) is 0.974. The van der Waals surface area contributed by atoms with Crippen LogP contribution in [0.4, 0.5) is 0 Å². The van der Waals surface area contributed by atoms with Gasteiger partial charge in [-0.25, -0.2) is 0 Å². The molecule has 1 aromatic carbocycles. The molecule has 1 saturated carbocycles. The van der Waals surface area contributed by atoms with Gasteiger partial charge in [0.05, 0.1) is 6.10 Å². The molecule has 0 saturated heterocycles. The normalized spacial score (nSPS) is 22.7. The molecule has 0 radical (unpaired) electrons. The summed E-state index contributed by atoms with van der Waals surface area (Å²) >= 11 is 0. The summed E-state index contributed by atoms with van der Waals surface area (Å²) in [6, 6.07) is 8.21. The Labute approximate surface area is 114 Å². The van der Waals surface area contributed by atoms with Gasteiger partial charge in [0.1, 0.15) is 5.75 Å². The van der Waals surface area contributed by atoms with Gasteiger partial charge in [-0.05, 0) is 48.8 Å². The topological polar surface area (TPSA) is 46.5 Å². The summed E-state index contributed by atoms with van der Waals surface area (Å²) in [6.45, 7) is 4.33. The fraction of sp³-hybridized carbons (Fsp3) is 0.562. The monoisotopic (exact) mass is 262 g/mol. The smallest absolute Gasteiger partial charge is 0.303 e. The van der Waals surface area contributed by atoms with E-state index in [2.05, 4.69) is 26.0 Å². The summed E-state index contributed by atoms with van der Waals surface area (Å²) in [5.41, 5.74) is 1.28. The Balaban J connectivity index is 1.92. The Morgan fingerprint density at radius 2 is 2.21 bits per heavy atom. The Morgan fingerprint density at radius 3 is 2.89 bits per heavy atom. The Kier molecular flexibility index (Phi) is 4.46. The molecule has 0 aromatic heterocycles. The number of ether oxygens (including phenoxy) is 1. The zero-order valence-electron chi connectivity index (χ0n) is 11.6. The summed E-state index contributed by atoms with van der Waals surface area (Å²) in [4.78, 5) is 10.7. The van der Waals surface area contributed by atoms with Gasteiger partial charge in [0.15, 0.2) is 0 Å². The SMILES string of the molecule is CC(C)c1cccc(OC2CCC(CC(=O)O)C2)c1. The number of carboxylic acid groups (broad SMARTS) is 1. The summed E-state index contributed by atoms with van der Waals surface area (Å²) in [7, 11) is 0. The Bertz CT molecular complexity index is 439. The first-order chi connectivity index (χ1) is 9.04. The quantitative estimate of drug-likeness (QED) is 0.877. The molecule has 104 valence electrons. The second-order valence-corrected chi connectivity index (χ2v) is 5.74. The first kappa shape index (κ1) is 13.9. The molecule has 0 amide bonds. The van der Waals surface area contributed by atoms with Crippen LogP contribution in [0.1, 0.15) is 51.0 Å². The van der Waals surface area contributed by atoms with Crippen molar-refractivity contribution in [3.8, 4) is 5.75 Å². The minimum atomic E-state index is -0.701. The third kappa shape index (κ3) is 3.98. The number of hydrogen-bond acceptors (Lipinski definition) is 2. The van der Waals surface area contributed by atoms with Gasteiger partial charge in [0.2, 0.25) is 0 Å². The van der Waals surface area contributed by atoms with Crippen LogP contribution in [0, 0.1) is 5.92 Å². The van der Waals surface area contributed by atoms with E-state index in [-0.39, 0.29) is 18.4 Å². The van der Waals surface area contributed by atoms with E-state index in [1.54, 1.807) is 0 Å². The first-order valence-electron chi connectivity index (χ1n) is 7.03. The molecule has 0 heterocycles. The highest BCUT2D eigenvalue weighted by molar-refractivity contribution is 5.67. The maximum absolute atomic E-state index is 10.7. The highest BCUT2D eigenvalue weighted by atomic mass is 16.5. The second-order valence-electron chi connectivity index (χ2n) is 5.74. The van der Waals surface area contributed by atoms with Crippen molar-refractivity contribution < 1.29 is 14.6 Å². The van der Waals surface area contributed by atoms with E-state index in [1.807, 2.05) is 12.1 Å². The number of benzene rings is 1. The molecule has 1 aliphatic carbocycles. The highest BCUT2D eigenvalue weighted by Crippen LogP contribution is 2.32. The minimum Gasteiger partial charge on any atom is -0.490 e. The lowest BCUT2D eigenvalue weighted by molar-refractivity contribution is -0.138. The molecule has 2 rings (SSSR count). The molecule has 19 heavy (non-hydrogen) atoms. The van der Waals surface area contributed by atoms with Crippen LogP contribution in [0.3, 0.4) is 0 Å². The lowest BCUT2D eigenvalue weighted by Gasteiger charge is -2.15. The van der Waals surface area contributed by atoms with Crippen LogP contribution in [-0.4, -0.2) is 17.2 Å². The third-order valence-electron chi connectivity index (χ3n) is 3.78. The van der Waals surface area contributed by atoms with Crippen molar-refractivity contribution in [2.45, 2.75) is 51.6 Å². The van der Waals surface area contributed by atoms with Gasteiger partial charge in [-0.1, -0.05) is 26.0 Å². The van der Waals surface area contributed by atoms with Crippen LogP contribution in [-0.2, 0) is 4.79 Å². The van der Waals surface area contributed by atoms with Crippen LogP contribution >= 0.6 is 0 Å². The predicted octanol–water partition coefficient (Wildman–Crippen LogP) is 3.83. The van der Waals surface area contributed by atoms with Crippen LogP contribution in [0.25, 0.3) is 0 Å². The lowest BCUT2D eigenvalue weighted by atomic mass is 10.0. The molecule has 1 N–H and O–H groups in total. The van der Waals surface area contributed by atoms with E-state index in [4.69, 9.17) is 9.84 Å². The fourth-order valence-corrected chi connectivity index (χ4v) is 2.71. The van der Waals surface area contributed by atoms with Crippen molar-refractivity contribution in [1.29, 1.82) is 0 Å². The van der Waals surface area contributed by atoms with E-state index >= 15 is 0 Å². The largest absolute Gasteiger partial charge is 0.490 e. The third-order valence-corrected chi connectivity index (χ3v) is 3.78. The maximum Gasteiger partial charge on any atom is 0.303 e. The molecule has 0 bridgehead atoms. The molecule has 2 atom stereocenters. The zero-order chi connectivity index (χ0) is 13.8. The molecular formula is C16H22O3. The van der Waals surface area contributed by atoms with E-state index < -0.39 is 5.97 Å². The van der Waals surface area contributed by atoms with Gasteiger partial charge in [-0.2, -0.15) is 0 Å². The summed E-state index contributed by atoms with van der Waals surface area (Å²) in [5, 5.41) is 8.81. The van der Waals surface area contributed by atoms with Crippen molar-refractivity contribution in [2.24, 2.45) is 5.92 Å². The van der Waals surface area contributed by atoms with Gasteiger partial charge < -0.3 is 9.84 Å². The number of carboxylic acids is 1. The number of aliphatic carboxylic acids is 1. The average Bonchev–Trinajstić information content (AvgIpc) is 2.76. The highest BCUT2D eigenvalue weighted by Gasteiger charge is 2.27. The fourth-order valence-electron chi connectivity index (χ4n) is 2.71. The van der Waals surface area contributed by atoms with Crippen LogP contribution in [0.2, 0.25) is 0 Å². The number of hydrogen-bond donors (Lipinski definition) is 1. The number of rotatable bonds is 5. The van der Waals surface area contributed by atoms with Gasteiger partial charge >= 0.3 is 5.97 Å². The zero-order valence-corrected chi connectivity index (χ0v) is 11.6. The molecular weight excluding hydrogens is 240 g/mol. The van der Waals surface area contributed by atoms with Crippen molar-refractivity contribution in [3.63, 3.8) is 0 Å². The maximum atomic E-state index is 10.7. The second kappa shape index (κ2) is 6.09.